The number of nitrogens with one attached hydrogen (secondary N) is 1. The summed E-state index contributed by atoms with van der Waals surface area (Å²) in [7, 11) is 1.56. The van der Waals surface area contributed by atoms with Gasteiger partial charge in [0.2, 0.25) is 0 Å². The Morgan fingerprint density at radius 2 is 2.33 bits per heavy atom. The number of hydrogen-bond donors (Lipinski definition) is 1. The Hall–Kier alpha value is -0.800. The molecule has 18 heavy (non-hydrogen) atoms. The molecule has 0 bridgehead atoms. The summed E-state index contributed by atoms with van der Waals surface area (Å²) in [5.74, 6) is 0.431. The number of halogens is 2. The van der Waals surface area contributed by atoms with Gasteiger partial charge in [-0.3, -0.25) is 9.78 Å². The Kier molecular flexibility index (Phi) is 4.46. The van der Waals surface area contributed by atoms with Crippen molar-refractivity contribution >= 4 is 38.5 Å². The zero-order valence-electron chi connectivity index (χ0n) is 9.41. The predicted octanol–water partition coefficient (Wildman–Crippen LogP) is 2.35. The second-order valence-corrected chi connectivity index (χ2v) is 5.38. The Balaban J connectivity index is 2.59. The van der Waals surface area contributed by atoms with E-state index in [4.69, 9.17) is 4.74 Å². The molecular formula is C11H9BrIN3O2. The number of methoxy groups -OCH3 is 1. The summed E-state index contributed by atoms with van der Waals surface area (Å²) < 4.78 is 6.34. The van der Waals surface area contributed by atoms with Crippen LogP contribution in [0.3, 0.4) is 0 Å². The van der Waals surface area contributed by atoms with Crippen LogP contribution in [0.25, 0.3) is 11.5 Å². The van der Waals surface area contributed by atoms with Gasteiger partial charge in [0.05, 0.1) is 12.3 Å². The Morgan fingerprint density at radius 3 is 3.00 bits per heavy atom. The molecule has 0 atom stereocenters. The molecule has 0 saturated heterocycles. The van der Waals surface area contributed by atoms with E-state index in [1.165, 1.54) is 0 Å². The number of H-pyrrole nitrogens is 1. The van der Waals surface area contributed by atoms with Crippen molar-refractivity contribution in [2.75, 3.05) is 7.11 Å². The van der Waals surface area contributed by atoms with Crippen molar-refractivity contribution in [3.63, 3.8) is 0 Å². The topological polar surface area (TPSA) is 67.9 Å². The van der Waals surface area contributed by atoms with E-state index in [0.29, 0.717) is 27.4 Å². The Morgan fingerprint density at radius 1 is 1.56 bits per heavy atom. The number of rotatable bonds is 3. The fourth-order valence-corrected chi connectivity index (χ4v) is 2.26. The lowest BCUT2D eigenvalue weighted by Crippen LogP contribution is -2.17. The van der Waals surface area contributed by atoms with Crippen molar-refractivity contribution in [1.29, 1.82) is 0 Å². The summed E-state index contributed by atoms with van der Waals surface area (Å²) in [5.41, 5.74) is 1.02. The van der Waals surface area contributed by atoms with Gasteiger partial charge in [0.1, 0.15) is 9.26 Å². The van der Waals surface area contributed by atoms with Gasteiger partial charge in [-0.05, 0) is 50.7 Å². The molecule has 0 radical (unpaired) electrons. The highest BCUT2D eigenvalue weighted by Crippen LogP contribution is 2.22. The van der Waals surface area contributed by atoms with Crippen LogP contribution >= 0.6 is 38.5 Å². The molecule has 94 valence electrons. The van der Waals surface area contributed by atoms with Crippen molar-refractivity contribution in [3.05, 3.63) is 42.4 Å². The van der Waals surface area contributed by atoms with E-state index in [2.05, 4.69) is 30.9 Å². The first kappa shape index (κ1) is 13.6. The van der Waals surface area contributed by atoms with E-state index in [1.807, 2.05) is 28.7 Å². The molecule has 0 unspecified atom stereocenters. The molecule has 0 saturated carbocycles. The Labute approximate surface area is 125 Å². The number of aromatic nitrogens is 3. The van der Waals surface area contributed by atoms with Gasteiger partial charge < -0.3 is 9.72 Å². The summed E-state index contributed by atoms with van der Waals surface area (Å²) >= 11 is 5.34. The van der Waals surface area contributed by atoms with E-state index in [1.54, 1.807) is 19.4 Å². The standard InChI is InChI=1S/C11H9BrIN3O2/c1-18-5-7-8(13)11(17)16-10(15-7)9-6(12)3-2-4-14-9/h2-4H,5H2,1H3,(H,15,16,17). The van der Waals surface area contributed by atoms with Crippen LogP contribution in [-0.2, 0) is 11.3 Å². The van der Waals surface area contributed by atoms with E-state index in [-0.39, 0.29) is 5.56 Å². The van der Waals surface area contributed by atoms with Crippen molar-refractivity contribution in [1.82, 2.24) is 15.0 Å². The largest absolute Gasteiger partial charge is 0.378 e. The second-order valence-electron chi connectivity index (χ2n) is 3.44. The molecular weight excluding hydrogens is 413 g/mol. The quantitative estimate of drug-likeness (QED) is 0.772. The van der Waals surface area contributed by atoms with Gasteiger partial charge in [-0.2, -0.15) is 0 Å². The van der Waals surface area contributed by atoms with E-state index >= 15 is 0 Å². The molecule has 2 aromatic heterocycles. The van der Waals surface area contributed by atoms with Gasteiger partial charge in [0.25, 0.3) is 5.56 Å². The van der Waals surface area contributed by atoms with Crippen LogP contribution in [0.5, 0.6) is 0 Å². The highest BCUT2D eigenvalue weighted by molar-refractivity contribution is 14.1. The van der Waals surface area contributed by atoms with Crippen molar-refractivity contribution < 1.29 is 4.74 Å². The summed E-state index contributed by atoms with van der Waals surface area (Å²) in [6.07, 6.45) is 1.65. The van der Waals surface area contributed by atoms with Crippen LogP contribution in [0.1, 0.15) is 5.69 Å². The van der Waals surface area contributed by atoms with Gasteiger partial charge in [0.15, 0.2) is 5.82 Å². The average molecular weight is 422 g/mol. The monoisotopic (exact) mass is 421 g/mol. The minimum Gasteiger partial charge on any atom is -0.378 e. The molecule has 2 rings (SSSR count). The second kappa shape index (κ2) is 5.89. The third kappa shape index (κ3) is 2.78. The maximum Gasteiger partial charge on any atom is 0.265 e. The normalized spacial score (nSPS) is 10.6. The molecule has 0 aromatic carbocycles. The summed E-state index contributed by atoms with van der Waals surface area (Å²) in [6.45, 7) is 0.291. The van der Waals surface area contributed by atoms with Gasteiger partial charge in [-0.15, -0.1) is 0 Å². The molecule has 2 heterocycles. The van der Waals surface area contributed by atoms with Gasteiger partial charge >= 0.3 is 0 Å². The summed E-state index contributed by atoms with van der Waals surface area (Å²) in [6, 6.07) is 3.64. The van der Waals surface area contributed by atoms with Crippen molar-refractivity contribution in [3.8, 4) is 11.5 Å². The highest BCUT2D eigenvalue weighted by Gasteiger charge is 2.12. The molecule has 0 amide bonds. The lowest BCUT2D eigenvalue weighted by molar-refractivity contribution is 0.180. The summed E-state index contributed by atoms with van der Waals surface area (Å²) in [4.78, 5) is 23.1. The molecule has 0 spiro atoms. The molecule has 0 aliphatic rings. The number of hydrogen-bond acceptors (Lipinski definition) is 4. The first-order valence-electron chi connectivity index (χ1n) is 5.02. The third-order valence-electron chi connectivity index (χ3n) is 2.20. The van der Waals surface area contributed by atoms with Crippen molar-refractivity contribution in [2.24, 2.45) is 0 Å². The van der Waals surface area contributed by atoms with Crippen LogP contribution < -0.4 is 5.56 Å². The lowest BCUT2D eigenvalue weighted by Gasteiger charge is -2.06. The Bertz CT molecular complexity index is 630. The van der Waals surface area contributed by atoms with E-state index in [9.17, 15) is 4.79 Å². The predicted molar refractivity (Wildman–Crippen MR) is 79.2 cm³/mol. The maximum absolute atomic E-state index is 11.8. The van der Waals surface area contributed by atoms with Gasteiger partial charge in [-0.25, -0.2) is 4.98 Å². The molecule has 2 aromatic rings. The smallest absolute Gasteiger partial charge is 0.265 e. The third-order valence-corrected chi connectivity index (χ3v) is 3.95. The molecule has 0 fully saturated rings. The first-order chi connectivity index (χ1) is 8.63. The van der Waals surface area contributed by atoms with E-state index < -0.39 is 0 Å². The fourth-order valence-electron chi connectivity index (χ4n) is 1.41. The van der Waals surface area contributed by atoms with Crippen LogP contribution in [0.2, 0.25) is 0 Å². The van der Waals surface area contributed by atoms with Gasteiger partial charge in [0, 0.05) is 17.8 Å². The minimum absolute atomic E-state index is 0.190. The number of pyridine rings is 1. The summed E-state index contributed by atoms with van der Waals surface area (Å²) in [5, 5.41) is 0. The number of ether oxygens (including phenoxy) is 1. The highest BCUT2D eigenvalue weighted by atomic mass is 127. The van der Waals surface area contributed by atoms with Crippen LogP contribution in [0, 0.1) is 3.57 Å². The van der Waals surface area contributed by atoms with Crippen LogP contribution in [0.15, 0.2) is 27.6 Å². The van der Waals surface area contributed by atoms with Crippen molar-refractivity contribution in [2.45, 2.75) is 6.61 Å². The zero-order valence-corrected chi connectivity index (χ0v) is 13.1. The average Bonchev–Trinajstić information content (AvgIpc) is 2.35. The molecule has 5 nitrogen and oxygen atoms in total. The molecule has 0 aliphatic heterocycles. The maximum atomic E-state index is 11.8. The van der Waals surface area contributed by atoms with Crippen LogP contribution in [0.4, 0.5) is 0 Å². The lowest BCUT2D eigenvalue weighted by atomic mass is 10.3. The van der Waals surface area contributed by atoms with Gasteiger partial charge in [-0.1, -0.05) is 0 Å². The molecule has 7 heteroatoms. The van der Waals surface area contributed by atoms with E-state index in [0.717, 1.165) is 4.47 Å². The minimum atomic E-state index is -0.190. The number of aromatic amines is 1. The fraction of sp³-hybridized carbons (Fsp3) is 0.182. The first-order valence-corrected chi connectivity index (χ1v) is 6.89. The zero-order chi connectivity index (χ0) is 13.1. The van der Waals surface area contributed by atoms with Crippen LogP contribution in [-0.4, -0.2) is 22.1 Å². The number of nitrogens with zero attached hydrogens (tertiary/aromatic N) is 2. The SMILES string of the molecule is COCc1nc(-c2ncccc2Br)[nH]c(=O)c1I. The molecule has 0 aliphatic carbocycles. The molecule has 1 N–H and O–H groups in total.